The maximum absolute atomic E-state index is 12.2. The van der Waals surface area contributed by atoms with Crippen LogP contribution in [0.3, 0.4) is 0 Å². The van der Waals surface area contributed by atoms with Crippen LogP contribution in [0.2, 0.25) is 0 Å². The van der Waals surface area contributed by atoms with Crippen molar-refractivity contribution in [3.63, 3.8) is 0 Å². The van der Waals surface area contributed by atoms with Crippen LogP contribution in [0.5, 0.6) is 5.75 Å². The van der Waals surface area contributed by atoms with E-state index in [1.807, 2.05) is 37.3 Å². The predicted molar refractivity (Wildman–Crippen MR) is 68.1 cm³/mol. The summed E-state index contributed by atoms with van der Waals surface area (Å²) in [7, 11) is 0. The Morgan fingerprint density at radius 3 is 2.94 bits per heavy atom. The standard InChI is InChI=1S/C14H12O2S/c1-9-2-5-13(17-9)14(15)11-3-4-12-10(8-11)6-7-16-12/h2-5,8H,6-7H2,1H3. The molecule has 17 heavy (non-hydrogen) atoms. The zero-order chi connectivity index (χ0) is 11.8. The second kappa shape index (κ2) is 4.00. The Morgan fingerprint density at radius 2 is 2.18 bits per heavy atom. The predicted octanol–water partition coefficient (Wildman–Crippen LogP) is 3.22. The minimum atomic E-state index is 0.109. The van der Waals surface area contributed by atoms with Crippen molar-refractivity contribution in [3.8, 4) is 5.75 Å². The molecule has 1 aliphatic heterocycles. The fourth-order valence-corrected chi connectivity index (χ4v) is 2.86. The summed E-state index contributed by atoms with van der Waals surface area (Å²) in [6.45, 7) is 2.74. The van der Waals surface area contributed by atoms with Gasteiger partial charge in [0.05, 0.1) is 11.5 Å². The van der Waals surface area contributed by atoms with Gasteiger partial charge in [0, 0.05) is 16.9 Å². The molecule has 0 saturated carbocycles. The number of carbonyl (C=O) groups is 1. The molecule has 1 aromatic carbocycles. The molecular weight excluding hydrogens is 232 g/mol. The highest BCUT2D eigenvalue weighted by atomic mass is 32.1. The number of hydrogen-bond acceptors (Lipinski definition) is 3. The molecule has 0 bridgehead atoms. The molecule has 0 atom stereocenters. The molecule has 3 rings (SSSR count). The summed E-state index contributed by atoms with van der Waals surface area (Å²) in [5, 5.41) is 0. The van der Waals surface area contributed by atoms with Crippen LogP contribution in [-0.4, -0.2) is 12.4 Å². The van der Waals surface area contributed by atoms with Gasteiger partial charge in [-0.15, -0.1) is 11.3 Å². The van der Waals surface area contributed by atoms with Crippen LogP contribution in [0.4, 0.5) is 0 Å². The third kappa shape index (κ3) is 1.87. The number of carbonyl (C=O) groups excluding carboxylic acids is 1. The second-order valence-corrected chi connectivity index (χ2v) is 5.45. The van der Waals surface area contributed by atoms with Crippen LogP contribution in [0.25, 0.3) is 0 Å². The third-order valence-electron chi connectivity index (χ3n) is 2.92. The molecule has 0 spiro atoms. The van der Waals surface area contributed by atoms with Gasteiger partial charge in [0.1, 0.15) is 5.75 Å². The molecular formula is C14H12O2S. The molecule has 0 fully saturated rings. The SMILES string of the molecule is Cc1ccc(C(=O)c2ccc3c(c2)CCO3)s1. The number of fused-ring (bicyclic) bond motifs is 1. The van der Waals surface area contributed by atoms with Crippen LogP contribution in [0.1, 0.15) is 25.7 Å². The molecule has 86 valence electrons. The second-order valence-electron chi connectivity index (χ2n) is 4.16. The average molecular weight is 244 g/mol. The Bertz CT molecular complexity index is 584. The lowest BCUT2D eigenvalue weighted by molar-refractivity contribution is 0.104. The number of hydrogen-bond donors (Lipinski definition) is 0. The number of benzene rings is 1. The largest absolute Gasteiger partial charge is 0.493 e. The molecule has 1 aromatic heterocycles. The minimum Gasteiger partial charge on any atom is -0.493 e. The molecule has 3 heteroatoms. The Kier molecular flexibility index (Phi) is 2.48. The molecule has 0 radical (unpaired) electrons. The lowest BCUT2D eigenvalue weighted by Crippen LogP contribution is -1.98. The molecule has 0 aliphatic carbocycles. The van der Waals surface area contributed by atoms with Crippen LogP contribution >= 0.6 is 11.3 Å². The van der Waals surface area contributed by atoms with Gasteiger partial charge in [-0.1, -0.05) is 0 Å². The summed E-state index contributed by atoms with van der Waals surface area (Å²) in [5.74, 6) is 1.03. The Hall–Kier alpha value is -1.61. The van der Waals surface area contributed by atoms with E-state index in [2.05, 4.69) is 0 Å². The average Bonchev–Trinajstić information content (AvgIpc) is 2.95. The van der Waals surface area contributed by atoms with Crippen LogP contribution in [0.15, 0.2) is 30.3 Å². The van der Waals surface area contributed by atoms with Gasteiger partial charge >= 0.3 is 0 Å². The van der Waals surface area contributed by atoms with Crippen LogP contribution < -0.4 is 4.74 Å². The van der Waals surface area contributed by atoms with E-state index in [0.29, 0.717) is 0 Å². The van der Waals surface area contributed by atoms with Gasteiger partial charge < -0.3 is 4.74 Å². The van der Waals surface area contributed by atoms with Crippen molar-refractivity contribution in [1.82, 2.24) is 0 Å². The highest BCUT2D eigenvalue weighted by Gasteiger charge is 2.16. The van der Waals surface area contributed by atoms with E-state index in [0.717, 1.165) is 39.7 Å². The van der Waals surface area contributed by atoms with E-state index in [4.69, 9.17) is 4.74 Å². The molecule has 0 saturated heterocycles. The monoisotopic (exact) mass is 244 g/mol. The van der Waals surface area contributed by atoms with Crippen molar-refractivity contribution >= 4 is 17.1 Å². The maximum Gasteiger partial charge on any atom is 0.202 e. The van der Waals surface area contributed by atoms with E-state index >= 15 is 0 Å². The van der Waals surface area contributed by atoms with E-state index in [1.165, 1.54) is 0 Å². The van der Waals surface area contributed by atoms with E-state index in [1.54, 1.807) is 11.3 Å². The molecule has 2 heterocycles. The van der Waals surface area contributed by atoms with Gasteiger partial charge in [-0.2, -0.15) is 0 Å². The fourth-order valence-electron chi connectivity index (χ4n) is 2.03. The Balaban J connectivity index is 1.97. The van der Waals surface area contributed by atoms with E-state index in [-0.39, 0.29) is 5.78 Å². The summed E-state index contributed by atoms with van der Waals surface area (Å²) >= 11 is 1.54. The van der Waals surface area contributed by atoms with Crippen molar-refractivity contribution < 1.29 is 9.53 Å². The first-order valence-corrected chi connectivity index (χ1v) is 6.42. The first kappa shape index (κ1) is 10.5. The van der Waals surface area contributed by atoms with Crippen molar-refractivity contribution in [2.45, 2.75) is 13.3 Å². The first-order valence-electron chi connectivity index (χ1n) is 5.61. The summed E-state index contributed by atoms with van der Waals surface area (Å²) in [6.07, 6.45) is 0.903. The molecule has 2 aromatic rings. The maximum atomic E-state index is 12.2. The molecule has 1 aliphatic rings. The Labute approximate surface area is 104 Å². The zero-order valence-corrected chi connectivity index (χ0v) is 10.3. The van der Waals surface area contributed by atoms with Gasteiger partial charge in [0.15, 0.2) is 0 Å². The number of ether oxygens (including phenoxy) is 1. The number of thiophene rings is 1. The molecule has 2 nitrogen and oxygen atoms in total. The van der Waals surface area contributed by atoms with Gasteiger partial charge in [-0.25, -0.2) is 0 Å². The minimum absolute atomic E-state index is 0.109. The summed E-state index contributed by atoms with van der Waals surface area (Å²) in [6, 6.07) is 9.58. The third-order valence-corrected chi connectivity index (χ3v) is 3.92. The first-order chi connectivity index (χ1) is 8.24. The quantitative estimate of drug-likeness (QED) is 0.758. The van der Waals surface area contributed by atoms with E-state index < -0.39 is 0 Å². The normalized spacial score (nSPS) is 13.2. The number of ketones is 1. The molecule has 0 N–H and O–H groups in total. The lowest BCUT2D eigenvalue weighted by Gasteiger charge is -2.02. The van der Waals surface area contributed by atoms with Gasteiger partial charge in [0.2, 0.25) is 5.78 Å². The Morgan fingerprint density at radius 1 is 1.29 bits per heavy atom. The smallest absolute Gasteiger partial charge is 0.202 e. The van der Waals surface area contributed by atoms with Crippen LogP contribution in [0, 0.1) is 6.92 Å². The zero-order valence-electron chi connectivity index (χ0n) is 9.53. The topological polar surface area (TPSA) is 26.3 Å². The van der Waals surface area contributed by atoms with Crippen molar-refractivity contribution in [2.24, 2.45) is 0 Å². The van der Waals surface area contributed by atoms with Gasteiger partial charge in [-0.05, 0) is 42.8 Å². The van der Waals surface area contributed by atoms with Gasteiger partial charge in [-0.3, -0.25) is 4.79 Å². The highest BCUT2D eigenvalue weighted by Crippen LogP contribution is 2.27. The van der Waals surface area contributed by atoms with Gasteiger partial charge in [0.25, 0.3) is 0 Å². The van der Waals surface area contributed by atoms with Crippen molar-refractivity contribution in [2.75, 3.05) is 6.61 Å². The summed E-state index contributed by atoms with van der Waals surface area (Å²) in [4.78, 5) is 14.2. The number of rotatable bonds is 2. The molecule has 0 unspecified atom stereocenters. The molecule has 0 amide bonds. The summed E-state index contributed by atoms with van der Waals surface area (Å²) < 4.78 is 5.43. The van der Waals surface area contributed by atoms with Crippen molar-refractivity contribution in [1.29, 1.82) is 0 Å². The highest BCUT2D eigenvalue weighted by molar-refractivity contribution is 7.14. The lowest BCUT2D eigenvalue weighted by atomic mass is 10.0. The van der Waals surface area contributed by atoms with Crippen LogP contribution in [-0.2, 0) is 6.42 Å². The number of aryl methyl sites for hydroxylation is 1. The fraction of sp³-hybridized carbons (Fsp3) is 0.214. The summed E-state index contributed by atoms with van der Waals surface area (Å²) in [5.41, 5.74) is 1.90. The van der Waals surface area contributed by atoms with Crippen molar-refractivity contribution in [3.05, 3.63) is 51.2 Å². The van der Waals surface area contributed by atoms with E-state index in [9.17, 15) is 4.79 Å².